The summed E-state index contributed by atoms with van der Waals surface area (Å²) in [4.78, 5) is 38.1. The molecule has 1 aromatic rings. The molecule has 1 aromatic carbocycles. The van der Waals surface area contributed by atoms with E-state index in [2.05, 4.69) is 12.2 Å². The molecule has 0 aromatic heterocycles. The maximum absolute atomic E-state index is 12.5. The molecule has 2 bridgehead atoms. The highest BCUT2D eigenvalue weighted by atomic mass is 16.5. The predicted octanol–water partition coefficient (Wildman–Crippen LogP) is 1.65. The second kappa shape index (κ2) is 5.33. The van der Waals surface area contributed by atoms with Crippen molar-refractivity contribution in [1.82, 2.24) is 4.90 Å². The molecule has 4 unspecified atom stereocenters. The van der Waals surface area contributed by atoms with Crippen molar-refractivity contribution < 1.29 is 19.1 Å². The lowest BCUT2D eigenvalue weighted by atomic mass is 9.85. The minimum absolute atomic E-state index is 0.0351. The molecule has 4 rings (SSSR count). The van der Waals surface area contributed by atoms with Crippen molar-refractivity contribution in [2.45, 2.75) is 6.42 Å². The molecular formula is C18H17NO4. The summed E-state index contributed by atoms with van der Waals surface area (Å²) in [7, 11) is 0. The summed E-state index contributed by atoms with van der Waals surface area (Å²) in [5.74, 6) is -0.617. The Morgan fingerprint density at radius 1 is 1.04 bits per heavy atom. The number of amides is 2. The molecule has 0 spiro atoms. The predicted molar refractivity (Wildman–Crippen MR) is 81.2 cm³/mol. The molecule has 2 amide bonds. The molecule has 1 aliphatic heterocycles. The van der Waals surface area contributed by atoms with Gasteiger partial charge in [0.1, 0.15) is 6.61 Å². The number of carbonyl (C=O) groups excluding carboxylic acids is 3. The van der Waals surface area contributed by atoms with Gasteiger partial charge in [0.15, 0.2) is 0 Å². The Morgan fingerprint density at radius 2 is 1.65 bits per heavy atom. The number of rotatable bonds is 4. The fraction of sp³-hybridized carbons (Fsp3) is 0.389. The van der Waals surface area contributed by atoms with Gasteiger partial charge < -0.3 is 4.74 Å². The highest BCUT2D eigenvalue weighted by molar-refractivity contribution is 6.06. The minimum Gasteiger partial charge on any atom is -0.460 e. The quantitative estimate of drug-likeness (QED) is 0.482. The lowest BCUT2D eigenvalue weighted by molar-refractivity contribution is -0.141. The molecule has 23 heavy (non-hydrogen) atoms. The number of imide groups is 1. The molecular weight excluding hydrogens is 294 g/mol. The Labute approximate surface area is 133 Å². The Bertz CT molecular complexity index is 666. The first-order chi connectivity index (χ1) is 11.2. The molecule has 1 saturated carbocycles. The third-order valence-electron chi connectivity index (χ3n) is 5.12. The highest BCUT2D eigenvalue weighted by Gasteiger charge is 2.59. The monoisotopic (exact) mass is 311 g/mol. The molecule has 0 radical (unpaired) electrons. The van der Waals surface area contributed by atoms with Crippen LogP contribution in [0.15, 0.2) is 42.5 Å². The fourth-order valence-corrected chi connectivity index (χ4v) is 4.07. The number of hydrogen-bond acceptors (Lipinski definition) is 4. The number of carbonyl (C=O) groups is 3. The summed E-state index contributed by atoms with van der Waals surface area (Å²) in [5.41, 5.74) is 0.464. The number of ether oxygens (including phenoxy) is 1. The number of likely N-dealkylation sites (tertiary alicyclic amines) is 1. The van der Waals surface area contributed by atoms with Crippen molar-refractivity contribution in [3.05, 3.63) is 48.0 Å². The standard InChI is InChI=1S/C18H17NO4/c20-16-14-12-6-7-13(10-12)15(14)17(21)19(16)8-9-23-18(22)11-4-2-1-3-5-11/h1-7,12-15H,8-10H2. The first-order valence-corrected chi connectivity index (χ1v) is 7.92. The topological polar surface area (TPSA) is 63.7 Å². The van der Waals surface area contributed by atoms with E-state index in [0.717, 1.165) is 6.42 Å². The maximum Gasteiger partial charge on any atom is 0.338 e. The molecule has 0 N–H and O–H groups in total. The van der Waals surface area contributed by atoms with Crippen LogP contribution in [-0.4, -0.2) is 35.8 Å². The van der Waals surface area contributed by atoms with E-state index >= 15 is 0 Å². The molecule has 2 aliphatic carbocycles. The van der Waals surface area contributed by atoms with E-state index in [1.54, 1.807) is 24.3 Å². The number of allylic oxidation sites excluding steroid dienone is 2. The average Bonchev–Trinajstić information content (AvgIpc) is 3.25. The van der Waals surface area contributed by atoms with E-state index in [4.69, 9.17) is 4.74 Å². The van der Waals surface area contributed by atoms with Crippen LogP contribution >= 0.6 is 0 Å². The Morgan fingerprint density at radius 3 is 2.26 bits per heavy atom. The fourth-order valence-electron chi connectivity index (χ4n) is 4.07. The Hall–Kier alpha value is -2.43. The second-order valence-electron chi connectivity index (χ2n) is 6.33. The molecule has 1 heterocycles. The lowest BCUT2D eigenvalue weighted by Gasteiger charge is -2.17. The van der Waals surface area contributed by atoms with Gasteiger partial charge in [-0.25, -0.2) is 4.79 Å². The van der Waals surface area contributed by atoms with Crippen LogP contribution in [0.1, 0.15) is 16.8 Å². The number of esters is 1. The summed E-state index contributed by atoms with van der Waals surface area (Å²) in [6, 6.07) is 8.67. The summed E-state index contributed by atoms with van der Waals surface area (Å²) >= 11 is 0. The van der Waals surface area contributed by atoms with Crippen LogP contribution in [0, 0.1) is 23.7 Å². The first-order valence-electron chi connectivity index (χ1n) is 7.92. The van der Waals surface area contributed by atoms with Gasteiger partial charge in [-0.15, -0.1) is 0 Å². The molecule has 5 nitrogen and oxygen atoms in total. The van der Waals surface area contributed by atoms with E-state index in [1.807, 2.05) is 6.07 Å². The maximum atomic E-state index is 12.5. The Kier molecular flexibility index (Phi) is 3.29. The van der Waals surface area contributed by atoms with Crippen molar-refractivity contribution in [2.75, 3.05) is 13.2 Å². The smallest absolute Gasteiger partial charge is 0.338 e. The van der Waals surface area contributed by atoms with Crippen LogP contribution in [0.5, 0.6) is 0 Å². The summed E-state index contributed by atoms with van der Waals surface area (Å²) in [5, 5.41) is 0. The molecule has 118 valence electrons. The lowest BCUT2D eigenvalue weighted by Crippen LogP contribution is -2.36. The zero-order chi connectivity index (χ0) is 16.0. The molecule has 4 atom stereocenters. The van der Waals surface area contributed by atoms with Gasteiger partial charge in [-0.1, -0.05) is 30.4 Å². The third kappa shape index (κ3) is 2.19. The summed E-state index contributed by atoms with van der Waals surface area (Å²) in [6.45, 7) is 0.177. The van der Waals surface area contributed by atoms with Gasteiger partial charge >= 0.3 is 5.97 Å². The largest absolute Gasteiger partial charge is 0.460 e. The van der Waals surface area contributed by atoms with E-state index in [9.17, 15) is 14.4 Å². The SMILES string of the molecule is O=C(OCCN1C(=O)C2C3C=CC(C3)C2C1=O)c1ccccc1. The van der Waals surface area contributed by atoms with Gasteiger partial charge in [-0.05, 0) is 30.4 Å². The van der Waals surface area contributed by atoms with Crippen molar-refractivity contribution in [3.8, 4) is 0 Å². The van der Waals surface area contributed by atoms with Crippen LogP contribution in [0.3, 0.4) is 0 Å². The van der Waals surface area contributed by atoms with E-state index < -0.39 is 5.97 Å². The van der Waals surface area contributed by atoms with Crippen molar-refractivity contribution in [3.63, 3.8) is 0 Å². The van der Waals surface area contributed by atoms with Crippen molar-refractivity contribution >= 4 is 17.8 Å². The van der Waals surface area contributed by atoms with Gasteiger partial charge in [0.2, 0.25) is 11.8 Å². The first kappa shape index (κ1) is 14.2. The van der Waals surface area contributed by atoms with Crippen molar-refractivity contribution in [1.29, 1.82) is 0 Å². The van der Waals surface area contributed by atoms with Gasteiger partial charge in [0.05, 0.1) is 23.9 Å². The van der Waals surface area contributed by atoms with Gasteiger partial charge in [-0.3, -0.25) is 14.5 Å². The molecule has 2 fully saturated rings. The van der Waals surface area contributed by atoms with E-state index in [0.29, 0.717) is 5.56 Å². The Balaban J connectivity index is 1.36. The van der Waals surface area contributed by atoms with E-state index in [1.165, 1.54) is 4.90 Å². The third-order valence-corrected chi connectivity index (χ3v) is 5.12. The van der Waals surface area contributed by atoms with Crippen LogP contribution < -0.4 is 0 Å². The number of nitrogens with zero attached hydrogens (tertiary/aromatic N) is 1. The normalized spacial score (nSPS) is 30.9. The zero-order valence-electron chi connectivity index (χ0n) is 12.6. The van der Waals surface area contributed by atoms with Gasteiger partial charge in [0, 0.05) is 0 Å². The van der Waals surface area contributed by atoms with Crippen molar-refractivity contribution in [2.24, 2.45) is 23.7 Å². The van der Waals surface area contributed by atoms with Crippen LogP contribution in [-0.2, 0) is 14.3 Å². The van der Waals surface area contributed by atoms with Crippen LogP contribution in [0.2, 0.25) is 0 Å². The number of fused-ring (bicyclic) bond motifs is 5. The molecule has 3 aliphatic rings. The molecule has 5 heteroatoms. The molecule has 1 saturated heterocycles. The summed E-state index contributed by atoms with van der Waals surface area (Å²) in [6.07, 6.45) is 5.05. The van der Waals surface area contributed by atoms with Gasteiger partial charge in [0.25, 0.3) is 0 Å². The van der Waals surface area contributed by atoms with Crippen LogP contribution in [0.25, 0.3) is 0 Å². The summed E-state index contributed by atoms with van der Waals surface area (Å²) < 4.78 is 5.18. The highest BCUT2D eigenvalue weighted by Crippen LogP contribution is 2.52. The van der Waals surface area contributed by atoms with Gasteiger partial charge in [-0.2, -0.15) is 0 Å². The number of benzene rings is 1. The number of hydrogen-bond donors (Lipinski definition) is 0. The second-order valence-corrected chi connectivity index (χ2v) is 6.33. The average molecular weight is 311 g/mol. The zero-order valence-corrected chi connectivity index (χ0v) is 12.6. The minimum atomic E-state index is -0.438. The van der Waals surface area contributed by atoms with Crippen LogP contribution in [0.4, 0.5) is 0 Å². The van der Waals surface area contributed by atoms with E-state index in [-0.39, 0.29) is 48.6 Å².